The number of nitrogens with one attached hydrogen (secondary N) is 1. The number of halogens is 2. The highest BCUT2D eigenvalue weighted by molar-refractivity contribution is 5.37. The number of pyridine rings is 1. The maximum Gasteiger partial charge on any atom is 0.290 e. The first-order valence-corrected chi connectivity index (χ1v) is 3.79. The minimum atomic E-state index is -2.85. The van der Waals surface area contributed by atoms with Gasteiger partial charge < -0.3 is 14.8 Å². The number of ether oxygens (including phenoxy) is 1. The molecule has 14 heavy (non-hydrogen) atoms. The third-order valence-corrected chi connectivity index (χ3v) is 1.77. The topological polar surface area (TPSA) is 62.3 Å². The van der Waals surface area contributed by atoms with E-state index in [4.69, 9.17) is 5.11 Å². The molecular formula is C8H9F2NO3. The Kier molecular flexibility index (Phi) is 3.19. The Morgan fingerprint density at radius 1 is 1.64 bits per heavy atom. The molecular weight excluding hydrogens is 196 g/mol. The first-order chi connectivity index (χ1) is 6.61. The summed E-state index contributed by atoms with van der Waals surface area (Å²) in [6.45, 7) is -0.577. The van der Waals surface area contributed by atoms with E-state index in [2.05, 4.69) is 9.72 Å². The number of alkyl halides is 2. The van der Waals surface area contributed by atoms with E-state index in [0.717, 1.165) is 13.3 Å². The molecule has 0 amide bonds. The van der Waals surface area contributed by atoms with Crippen LogP contribution < -0.4 is 10.3 Å². The van der Waals surface area contributed by atoms with Gasteiger partial charge in [0.2, 0.25) is 0 Å². The minimum Gasteiger partial charge on any atom is -0.491 e. The van der Waals surface area contributed by atoms with Crippen molar-refractivity contribution < 1.29 is 18.6 Å². The molecule has 0 aliphatic heterocycles. The van der Waals surface area contributed by atoms with Gasteiger partial charge in [0.15, 0.2) is 5.75 Å². The lowest BCUT2D eigenvalue weighted by atomic mass is 10.1. The molecule has 0 saturated carbocycles. The molecule has 6 heteroatoms. The van der Waals surface area contributed by atoms with Crippen LogP contribution in [0.2, 0.25) is 0 Å². The van der Waals surface area contributed by atoms with E-state index in [9.17, 15) is 13.6 Å². The van der Waals surface area contributed by atoms with Crippen LogP contribution in [0.15, 0.2) is 11.0 Å². The summed E-state index contributed by atoms with van der Waals surface area (Å²) in [6, 6.07) is 0. The van der Waals surface area contributed by atoms with Crippen LogP contribution in [0, 0.1) is 0 Å². The van der Waals surface area contributed by atoms with Crippen LogP contribution in [0.4, 0.5) is 8.78 Å². The number of hydrogen-bond acceptors (Lipinski definition) is 3. The van der Waals surface area contributed by atoms with Crippen molar-refractivity contribution in [2.24, 2.45) is 0 Å². The number of aromatic nitrogens is 1. The van der Waals surface area contributed by atoms with E-state index < -0.39 is 29.9 Å². The Morgan fingerprint density at radius 2 is 2.29 bits per heavy atom. The predicted molar refractivity (Wildman–Crippen MR) is 44.5 cm³/mol. The first kappa shape index (κ1) is 10.6. The molecule has 0 fully saturated rings. The Bertz CT molecular complexity index is 375. The average Bonchev–Trinajstić information content (AvgIpc) is 2.17. The summed E-state index contributed by atoms with van der Waals surface area (Å²) in [5.74, 6) is -0.452. The number of aromatic amines is 1. The Labute approximate surface area is 78.1 Å². The molecule has 0 aliphatic carbocycles. The maximum absolute atomic E-state index is 12.5. The Hall–Kier alpha value is -1.43. The fourth-order valence-electron chi connectivity index (χ4n) is 1.14. The van der Waals surface area contributed by atoms with Gasteiger partial charge in [-0.2, -0.15) is 0 Å². The molecule has 78 valence electrons. The number of rotatable bonds is 3. The lowest BCUT2D eigenvalue weighted by Crippen LogP contribution is -2.14. The van der Waals surface area contributed by atoms with Gasteiger partial charge in [-0.3, -0.25) is 4.79 Å². The molecule has 0 bridgehead atoms. The van der Waals surface area contributed by atoms with Crippen LogP contribution in [-0.2, 0) is 6.61 Å². The van der Waals surface area contributed by atoms with Crippen molar-refractivity contribution in [1.29, 1.82) is 0 Å². The van der Waals surface area contributed by atoms with Crippen molar-refractivity contribution >= 4 is 0 Å². The summed E-state index contributed by atoms with van der Waals surface area (Å²) in [5, 5.41) is 8.77. The van der Waals surface area contributed by atoms with Crippen LogP contribution in [-0.4, -0.2) is 17.2 Å². The molecule has 0 radical (unpaired) electrons. The predicted octanol–water partition coefficient (Wildman–Crippen LogP) is 0.813. The monoisotopic (exact) mass is 205 g/mol. The molecule has 0 atom stereocenters. The van der Waals surface area contributed by atoms with E-state index in [1.165, 1.54) is 0 Å². The van der Waals surface area contributed by atoms with Gasteiger partial charge in [-0.05, 0) is 0 Å². The lowest BCUT2D eigenvalue weighted by molar-refractivity contribution is 0.142. The number of aliphatic hydroxyl groups is 1. The van der Waals surface area contributed by atoms with Crippen molar-refractivity contribution in [3.05, 3.63) is 27.7 Å². The molecule has 2 N–H and O–H groups in total. The van der Waals surface area contributed by atoms with Crippen molar-refractivity contribution in [2.45, 2.75) is 13.0 Å². The van der Waals surface area contributed by atoms with Crippen molar-refractivity contribution in [2.75, 3.05) is 7.11 Å². The fraction of sp³-hybridized carbons (Fsp3) is 0.375. The molecule has 0 unspecified atom stereocenters. The zero-order chi connectivity index (χ0) is 10.7. The van der Waals surface area contributed by atoms with E-state index in [1.54, 1.807) is 0 Å². The molecule has 0 saturated heterocycles. The average molecular weight is 205 g/mol. The van der Waals surface area contributed by atoms with E-state index in [1.807, 2.05) is 0 Å². The molecule has 4 nitrogen and oxygen atoms in total. The number of methoxy groups -OCH3 is 1. The second-order valence-electron chi connectivity index (χ2n) is 2.55. The van der Waals surface area contributed by atoms with E-state index >= 15 is 0 Å². The first-order valence-electron chi connectivity index (χ1n) is 3.79. The molecule has 1 aromatic heterocycles. The van der Waals surface area contributed by atoms with Gasteiger partial charge in [0, 0.05) is 11.8 Å². The maximum atomic E-state index is 12.5. The number of H-pyrrole nitrogens is 1. The van der Waals surface area contributed by atoms with Gasteiger partial charge in [0.1, 0.15) is 0 Å². The number of hydrogen-bond donors (Lipinski definition) is 2. The summed E-state index contributed by atoms with van der Waals surface area (Å²) in [5.41, 5.74) is -1.34. The second-order valence-corrected chi connectivity index (χ2v) is 2.55. The van der Waals surface area contributed by atoms with Gasteiger partial charge in [0.05, 0.1) is 19.3 Å². The summed E-state index contributed by atoms with van der Waals surface area (Å²) in [6.07, 6.45) is -1.80. The van der Waals surface area contributed by atoms with Gasteiger partial charge in [-0.15, -0.1) is 0 Å². The van der Waals surface area contributed by atoms with E-state index in [-0.39, 0.29) is 5.56 Å². The van der Waals surface area contributed by atoms with Crippen molar-refractivity contribution in [3.8, 4) is 5.75 Å². The zero-order valence-electron chi connectivity index (χ0n) is 7.38. The molecule has 0 aromatic carbocycles. The smallest absolute Gasteiger partial charge is 0.290 e. The normalized spacial score (nSPS) is 10.6. The third kappa shape index (κ3) is 1.74. The number of aliphatic hydroxyl groups excluding tert-OH is 1. The summed E-state index contributed by atoms with van der Waals surface area (Å²) >= 11 is 0. The summed E-state index contributed by atoms with van der Waals surface area (Å²) in [4.78, 5) is 13.2. The SMILES string of the molecule is COc1c(C(F)F)c(CO)c[nH]c1=O. The highest BCUT2D eigenvalue weighted by Gasteiger charge is 2.20. The van der Waals surface area contributed by atoms with Gasteiger partial charge in [-0.1, -0.05) is 0 Å². The zero-order valence-corrected chi connectivity index (χ0v) is 7.38. The summed E-state index contributed by atoms with van der Waals surface area (Å²) < 4.78 is 29.5. The molecule has 1 aromatic rings. The van der Waals surface area contributed by atoms with E-state index in [0.29, 0.717) is 0 Å². The van der Waals surface area contributed by atoms with Gasteiger partial charge in [-0.25, -0.2) is 8.78 Å². The third-order valence-electron chi connectivity index (χ3n) is 1.77. The van der Waals surface area contributed by atoms with Gasteiger partial charge in [0.25, 0.3) is 12.0 Å². The van der Waals surface area contributed by atoms with Crippen LogP contribution >= 0.6 is 0 Å². The quantitative estimate of drug-likeness (QED) is 0.767. The standard InChI is InChI=1S/C8H9F2NO3/c1-14-6-5(7(9)10)4(3-12)2-11-8(6)13/h2,7,12H,3H2,1H3,(H,11,13). The van der Waals surface area contributed by atoms with Crippen molar-refractivity contribution in [3.63, 3.8) is 0 Å². The second kappa shape index (κ2) is 4.19. The molecule has 1 rings (SSSR count). The largest absolute Gasteiger partial charge is 0.491 e. The lowest BCUT2D eigenvalue weighted by Gasteiger charge is -2.09. The van der Waals surface area contributed by atoms with Crippen LogP contribution in [0.1, 0.15) is 17.6 Å². The highest BCUT2D eigenvalue weighted by atomic mass is 19.3. The molecule has 0 spiro atoms. The van der Waals surface area contributed by atoms with Crippen molar-refractivity contribution in [1.82, 2.24) is 4.98 Å². The van der Waals surface area contributed by atoms with Gasteiger partial charge >= 0.3 is 0 Å². The molecule has 1 heterocycles. The Morgan fingerprint density at radius 3 is 2.71 bits per heavy atom. The fourth-order valence-corrected chi connectivity index (χ4v) is 1.14. The van der Waals surface area contributed by atoms with Crippen LogP contribution in [0.25, 0.3) is 0 Å². The molecule has 0 aliphatic rings. The highest BCUT2D eigenvalue weighted by Crippen LogP contribution is 2.28. The minimum absolute atomic E-state index is 0.0450. The van der Waals surface area contributed by atoms with Crippen LogP contribution in [0.3, 0.4) is 0 Å². The Balaban J connectivity index is 3.44. The van der Waals surface area contributed by atoms with Crippen LogP contribution in [0.5, 0.6) is 5.75 Å². The summed E-state index contributed by atoms with van der Waals surface area (Å²) in [7, 11) is 1.12.